The van der Waals surface area contributed by atoms with Crippen LogP contribution in [0.3, 0.4) is 0 Å². The van der Waals surface area contributed by atoms with Crippen molar-refractivity contribution in [3.8, 4) is 5.75 Å². The molecule has 1 heterocycles. The number of thiazole rings is 1. The number of anilines is 1. The van der Waals surface area contributed by atoms with Gasteiger partial charge in [0.25, 0.3) is 0 Å². The summed E-state index contributed by atoms with van der Waals surface area (Å²) in [6, 6.07) is 6.34. The molecule has 0 radical (unpaired) electrons. The smallest absolute Gasteiger partial charge is 0.355 e. The Morgan fingerprint density at radius 2 is 2.00 bits per heavy atom. The van der Waals surface area contributed by atoms with Gasteiger partial charge in [-0.15, -0.1) is 0 Å². The molecule has 8 nitrogen and oxygen atoms in total. The van der Waals surface area contributed by atoms with Gasteiger partial charge in [0.2, 0.25) is 0 Å². The van der Waals surface area contributed by atoms with Crippen molar-refractivity contribution >= 4 is 34.2 Å². The standard InChI is InChI=1S/C16H18N4O4S/c1-20(8-7-13(21)23-2)16-19-9-12(25-16)15(22)24-11-5-3-10(4-6-11)14(17)18/h3-6,9H,7-8H2,1-2H3,(H3,17,18). The number of nitrogens with one attached hydrogen (secondary N) is 1. The Labute approximate surface area is 148 Å². The first-order chi connectivity index (χ1) is 11.9. The van der Waals surface area contributed by atoms with Gasteiger partial charge in [0.15, 0.2) is 5.13 Å². The van der Waals surface area contributed by atoms with Gasteiger partial charge < -0.3 is 20.1 Å². The van der Waals surface area contributed by atoms with E-state index in [1.165, 1.54) is 24.6 Å². The van der Waals surface area contributed by atoms with E-state index in [2.05, 4.69) is 9.72 Å². The summed E-state index contributed by atoms with van der Waals surface area (Å²) in [5.41, 5.74) is 5.92. The lowest BCUT2D eigenvalue weighted by molar-refractivity contribution is -0.140. The third-order valence-corrected chi connectivity index (χ3v) is 4.37. The largest absolute Gasteiger partial charge is 0.469 e. The van der Waals surface area contributed by atoms with Crippen LogP contribution in [0.2, 0.25) is 0 Å². The molecule has 132 valence electrons. The molecule has 0 aliphatic heterocycles. The van der Waals surface area contributed by atoms with Crippen molar-refractivity contribution in [1.29, 1.82) is 5.41 Å². The van der Waals surface area contributed by atoms with Crippen LogP contribution in [0.1, 0.15) is 21.7 Å². The molecule has 0 saturated carbocycles. The van der Waals surface area contributed by atoms with Gasteiger partial charge in [0, 0.05) is 19.2 Å². The SMILES string of the molecule is COC(=O)CCN(C)c1ncc(C(=O)Oc2ccc(C(=N)N)cc2)s1. The maximum Gasteiger partial charge on any atom is 0.355 e. The number of carbonyl (C=O) groups excluding carboxylic acids is 2. The summed E-state index contributed by atoms with van der Waals surface area (Å²) in [7, 11) is 3.11. The summed E-state index contributed by atoms with van der Waals surface area (Å²) in [6.45, 7) is 0.432. The molecule has 0 bridgehead atoms. The molecule has 0 amide bonds. The van der Waals surface area contributed by atoms with Gasteiger partial charge in [-0.05, 0) is 24.3 Å². The highest BCUT2D eigenvalue weighted by Gasteiger charge is 2.16. The van der Waals surface area contributed by atoms with Gasteiger partial charge in [-0.25, -0.2) is 9.78 Å². The molecule has 0 atom stereocenters. The van der Waals surface area contributed by atoms with Crippen LogP contribution in [0.25, 0.3) is 0 Å². The van der Waals surface area contributed by atoms with Crippen molar-refractivity contribution in [2.75, 3.05) is 25.6 Å². The van der Waals surface area contributed by atoms with Gasteiger partial charge in [0.05, 0.1) is 19.7 Å². The molecule has 1 aromatic heterocycles. The third kappa shape index (κ3) is 5.01. The zero-order chi connectivity index (χ0) is 18.4. The van der Waals surface area contributed by atoms with Crippen molar-refractivity contribution in [1.82, 2.24) is 4.98 Å². The Hall–Kier alpha value is -2.94. The van der Waals surface area contributed by atoms with E-state index in [9.17, 15) is 9.59 Å². The molecule has 9 heteroatoms. The Morgan fingerprint density at radius 3 is 2.60 bits per heavy atom. The first kappa shape index (κ1) is 18.4. The maximum atomic E-state index is 12.2. The van der Waals surface area contributed by atoms with Crippen LogP contribution in [0, 0.1) is 5.41 Å². The lowest BCUT2D eigenvalue weighted by Gasteiger charge is -2.14. The summed E-state index contributed by atoms with van der Waals surface area (Å²) in [4.78, 5) is 29.6. The molecular weight excluding hydrogens is 344 g/mol. The average molecular weight is 362 g/mol. The van der Waals surface area contributed by atoms with Gasteiger partial charge >= 0.3 is 11.9 Å². The first-order valence-electron chi connectivity index (χ1n) is 7.31. The molecular formula is C16H18N4O4S. The Morgan fingerprint density at radius 1 is 1.32 bits per heavy atom. The molecule has 0 fully saturated rings. The molecule has 1 aromatic carbocycles. The first-order valence-corrected chi connectivity index (χ1v) is 8.12. The second-order valence-electron chi connectivity index (χ2n) is 5.08. The number of aromatic nitrogens is 1. The van der Waals surface area contributed by atoms with E-state index in [-0.39, 0.29) is 18.2 Å². The molecule has 2 aromatic rings. The number of rotatable bonds is 7. The van der Waals surface area contributed by atoms with E-state index in [0.29, 0.717) is 27.9 Å². The predicted octanol–water partition coefficient (Wildman–Crippen LogP) is 1.65. The molecule has 0 unspecified atom stereocenters. The van der Waals surface area contributed by atoms with Crippen LogP contribution in [-0.4, -0.2) is 43.5 Å². The van der Waals surface area contributed by atoms with E-state index in [4.69, 9.17) is 15.9 Å². The second kappa shape index (κ2) is 8.25. The van der Waals surface area contributed by atoms with Gasteiger partial charge in [-0.1, -0.05) is 11.3 Å². The zero-order valence-corrected chi connectivity index (χ0v) is 14.6. The number of nitrogens with zero attached hydrogens (tertiary/aromatic N) is 2. The minimum Gasteiger partial charge on any atom is -0.469 e. The molecule has 0 aliphatic carbocycles. The molecule has 0 aliphatic rings. The molecule has 25 heavy (non-hydrogen) atoms. The Balaban J connectivity index is 1.97. The lowest BCUT2D eigenvalue weighted by Crippen LogP contribution is -2.21. The lowest BCUT2D eigenvalue weighted by atomic mass is 10.2. The monoisotopic (exact) mass is 362 g/mol. The minimum absolute atomic E-state index is 0.0556. The Kier molecular flexibility index (Phi) is 6.07. The second-order valence-corrected chi connectivity index (χ2v) is 6.09. The fraction of sp³-hybridized carbons (Fsp3) is 0.250. The van der Waals surface area contributed by atoms with E-state index in [1.807, 2.05) is 0 Å². The van der Waals surface area contributed by atoms with Gasteiger partial charge in [0.1, 0.15) is 16.5 Å². The fourth-order valence-corrected chi connectivity index (χ4v) is 2.63. The Bertz CT molecular complexity index is 773. The van der Waals surface area contributed by atoms with Crippen LogP contribution in [0.15, 0.2) is 30.5 Å². The van der Waals surface area contributed by atoms with Gasteiger partial charge in [-0.3, -0.25) is 10.2 Å². The third-order valence-electron chi connectivity index (χ3n) is 3.28. The van der Waals surface area contributed by atoms with E-state index < -0.39 is 5.97 Å². The quantitative estimate of drug-likeness (QED) is 0.333. The average Bonchev–Trinajstić information content (AvgIpc) is 3.10. The van der Waals surface area contributed by atoms with Crippen LogP contribution < -0.4 is 15.4 Å². The molecule has 0 saturated heterocycles. The number of amidine groups is 1. The van der Waals surface area contributed by atoms with Crippen molar-refractivity contribution < 1.29 is 19.1 Å². The topological polar surface area (TPSA) is 119 Å². The summed E-state index contributed by atoms with van der Waals surface area (Å²) >= 11 is 1.17. The summed E-state index contributed by atoms with van der Waals surface area (Å²) in [6.07, 6.45) is 1.66. The highest BCUT2D eigenvalue weighted by atomic mass is 32.1. The van der Waals surface area contributed by atoms with Crippen molar-refractivity contribution in [3.05, 3.63) is 40.9 Å². The maximum absolute atomic E-state index is 12.2. The molecule has 3 N–H and O–H groups in total. The molecule has 0 spiro atoms. The molecule has 2 rings (SSSR count). The van der Waals surface area contributed by atoms with E-state index >= 15 is 0 Å². The normalized spacial score (nSPS) is 10.2. The highest BCUT2D eigenvalue weighted by molar-refractivity contribution is 7.17. The van der Waals surface area contributed by atoms with Crippen LogP contribution in [-0.2, 0) is 9.53 Å². The van der Waals surface area contributed by atoms with E-state index in [0.717, 1.165) is 0 Å². The van der Waals surface area contributed by atoms with Crippen LogP contribution in [0.4, 0.5) is 5.13 Å². The number of hydrogen-bond acceptors (Lipinski definition) is 8. The van der Waals surface area contributed by atoms with Crippen LogP contribution >= 0.6 is 11.3 Å². The number of hydrogen-bond donors (Lipinski definition) is 2. The predicted molar refractivity (Wildman–Crippen MR) is 94.4 cm³/mol. The summed E-state index contributed by atoms with van der Waals surface area (Å²) in [5.74, 6) is -0.540. The summed E-state index contributed by atoms with van der Waals surface area (Å²) < 4.78 is 9.86. The number of esters is 2. The zero-order valence-electron chi connectivity index (χ0n) is 13.8. The van der Waals surface area contributed by atoms with Crippen molar-refractivity contribution in [2.45, 2.75) is 6.42 Å². The number of ether oxygens (including phenoxy) is 2. The minimum atomic E-state index is -0.527. The summed E-state index contributed by atoms with van der Waals surface area (Å²) in [5, 5.41) is 7.93. The fourth-order valence-electron chi connectivity index (χ4n) is 1.85. The van der Waals surface area contributed by atoms with E-state index in [1.54, 1.807) is 36.2 Å². The highest BCUT2D eigenvalue weighted by Crippen LogP contribution is 2.23. The number of carbonyl (C=O) groups is 2. The number of methoxy groups -OCH3 is 1. The van der Waals surface area contributed by atoms with Crippen molar-refractivity contribution in [3.63, 3.8) is 0 Å². The number of nitrogens with two attached hydrogens (primary N) is 1. The van der Waals surface area contributed by atoms with Crippen LogP contribution in [0.5, 0.6) is 5.75 Å². The number of benzene rings is 1. The van der Waals surface area contributed by atoms with Gasteiger partial charge in [-0.2, -0.15) is 0 Å². The van der Waals surface area contributed by atoms with Crippen molar-refractivity contribution in [2.24, 2.45) is 5.73 Å². The number of nitrogen functional groups attached to an aromatic ring is 1.